The molecule has 2 aromatic rings. The number of aromatic amines is 1. The van der Waals surface area contributed by atoms with Crippen LogP contribution in [0.4, 0.5) is 0 Å². The molecule has 0 radical (unpaired) electrons. The standard InChI is InChI=1S/C12H7Cl2NO2/c13-9-2-8(3-10(14)4-9)11-1-7(6-16)5-15-12(11)17/h1-6H,(H,15,17). The molecule has 0 amide bonds. The summed E-state index contributed by atoms with van der Waals surface area (Å²) < 4.78 is 0. The average molecular weight is 268 g/mol. The van der Waals surface area contributed by atoms with Crippen molar-refractivity contribution in [2.45, 2.75) is 0 Å². The van der Waals surface area contributed by atoms with Crippen LogP contribution in [-0.2, 0) is 0 Å². The monoisotopic (exact) mass is 267 g/mol. The predicted molar refractivity (Wildman–Crippen MR) is 67.9 cm³/mol. The van der Waals surface area contributed by atoms with E-state index in [4.69, 9.17) is 23.2 Å². The lowest BCUT2D eigenvalue weighted by Gasteiger charge is -2.03. The number of carbonyl (C=O) groups excluding carboxylic acids is 1. The minimum Gasteiger partial charge on any atom is -0.328 e. The van der Waals surface area contributed by atoms with Crippen LogP contribution in [0.1, 0.15) is 10.4 Å². The summed E-state index contributed by atoms with van der Waals surface area (Å²) in [6.45, 7) is 0. The first-order valence-corrected chi connectivity index (χ1v) is 5.50. The summed E-state index contributed by atoms with van der Waals surface area (Å²) in [4.78, 5) is 24.8. The molecule has 17 heavy (non-hydrogen) atoms. The molecule has 0 unspecified atom stereocenters. The van der Waals surface area contributed by atoms with Crippen LogP contribution in [0.3, 0.4) is 0 Å². The molecule has 3 nitrogen and oxygen atoms in total. The van der Waals surface area contributed by atoms with Crippen LogP contribution in [0.25, 0.3) is 11.1 Å². The summed E-state index contributed by atoms with van der Waals surface area (Å²) in [6.07, 6.45) is 2.01. The molecular weight excluding hydrogens is 261 g/mol. The van der Waals surface area contributed by atoms with Gasteiger partial charge in [0.05, 0.1) is 0 Å². The quantitative estimate of drug-likeness (QED) is 0.850. The van der Waals surface area contributed by atoms with Gasteiger partial charge in [0.1, 0.15) is 0 Å². The lowest BCUT2D eigenvalue weighted by molar-refractivity contribution is 0.112. The van der Waals surface area contributed by atoms with Gasteiger partial charge in [-0.05, 0) is 29.8 Å². The lowest BCUT2D eigenvalue weighted by atomic mass is 10.1. The lowest BCUT2D eigenvalue weighted by Crippen LogP contribution is -2.09. The van der Waals surface area contributed by atoms with Gasteiger partial charge in [-0.3, -0.25) is 9.59 Å². The van der Waals surface area contributed by atoms with Gasteiger partial charge in [-0.2, -0.15) is 0 Å². The van der Waals surface area contributed by atoms with Crippen LogP contribution >= 0.6 is 23.2 Å². The number of nitrogens with one attached hydrogen (secondary N) is 1. The fourth-order valence-electron chi connectivity index (χ4n) is 1.49. The maximum Gasteiger partial charge on any atom is 0.255 e. The molecule has 0 fully saturated rings. The fourth-order valence-corrected chi connectivity index (χ4v) is 2.02. The Morgan fingerprint density at radius 2 is 1.71 bits per heavy atom. The number of benzene rings is 1. The Labute approximate surface area is 107 Å². The number of hydrogen-bond acceptors (Lipinski definition) is 2. The number of carbonyl (C=O) groups is 1. The third kappa shape index (κ3) is 2.57. The zero-order valence-corrected chi connectivity index (χ0v) is 10.0. The van der Waals surface area contributed by atoms with Crippen LogP contribution in [-0.4, -0.2) is 11.3 Å². The molecule has 0 aliphatic carbocycles. The molecule has 0 saturated heterocycles. The first-order valence-electron chi connectivity index (χ1n) is 4.74. The van der Waals surface area contributed by atoms with Crippen LogP contribution in [0, 0.1) is 0 Å². The number of pyridine rings is 1. The van der Waals surface area contributed by atoms with Crippen LogP contribution < -0.4 is 5.56 Å². The topological polar surface area (TPSA) is 49.9 Å². The van der Waals surface area contributed by atoms with Gasteiger partial charge in [0.2, 0.25) is 0 Å². The van der Waals surface area contributed by atoms with Gasteiger partial charge in [-0.15, -0.1) is 0 Å². The predicted octanol–water partition coefficient (Wildman–Crippen LogP) is 3.16. The minimum atomic E-state index is -0.297. The Bertz CT molecular complexity index is 614. The molecule has 5 heteroatoms. The Kier molecular flexibility index (Phi) is 3.31. The molecule has 1 aromatic heterocycles. The highest BCUT2D eigenvalue weighted by Gasteiger charge is 2.06. The molecule has 86 valence electrons. The van der Waals surface area contributed by atoms with E-state index in [9.17, 15) is 9.59 Å². The number of halogens is 2. The van der Waals surface area contributed by atoms with E-state index in [1.807, 2.05) is 0 Å². The van der Waals surface area contributed by atoms with E-state index in [1.165, 1.54) is 12.3 Å². The molecule has 0 aliphatic rings. The Morgan fingerprint density at radius 3 is 2.29 bits per heavy atom. The largest absolute Gasteiger partial charge is 0.328 e. The summed E-state index contributed by atoms with van der Waals surface area (Å²) in [6, 6.07) is 6.30. The molecule has 0 aliphatic heterocycles. The molecule has 0 bridgehead atoms. The first kappa shape index (κ1) is 11.9. The second-order valence-corrected chi connectivity index (χ2v) is 4.32. The van der Waals surface area contributed by atoms with E-state index in [0.717, 1.165) is 0 Å². The first-order chi connectivity index (χ1) is 8.10. The van der Waals surface area contributed by atoms with E-state index < -0.39 is 0 Å². The maximum absolute atomic E-state index is 11.7. The SMILES string of the molecule is O=Cc1c[nH]c(=O)c(-c2cc(Cl)cc(Cl)c2)c1. The van der Waals surface area contributed by atoms with Crippen molar-refractivity contribution in [3.8, 4) is 11.1 Å². The van der Waals surface area contributed by atoms with E-state index in [2.05, 4.69) is 4.98 Å². The van der Waals surface area contributed by atoms with E-state index >= 15 is 0 Å². The van der Waals surface area contributed by atoms with Crippen LogP contribution in [0.5, 0.6) is 0 Å². The molecule has 1 aromatic carbocycles. The highest BCUT2D eigenvalue weighted by Crippen LogP contribution is 2.25. The molecular formula is C12H7Cl2NO2. The summed E-state index contributed by atoms with van der Waals surface area (Å²) in [5, 5.41) is 0.867. The number of H-pyrrole nitrogens is 1. The van der Waals surface area contributed by atoms with Crippen LogP contribution in [0.15, 0.2) is 35.3 Å². The van der Waals surface area contributed by atoms with Crippen molar-refractivity contribution in [2.24, 2.45) is 0 Å². The van der Waals surface area contributed by atoms with Crippen molar-refractivity contribution >= 4 is 29.5 Å². The average Bonchev–Trinajstić information content (AvgIpc) is 2.28. The molecule has 0 atom stereocenters. The third-order valence-corrected chi connectivity index (χ3v) is 2.67. The molecule has 1 N–H and O–H groups in total. The van der Waals surface area contributed by atoms with E-state index in [0.29, 0.717) is 33.0 Å². The van der Waals surface area contributed by atoms with Crippen molar-refractivity contribution in [1.29, 1.82) is 0 Å². The normalized spacial score (nSPS) is 10.2. The summed E-state index contributed by atoms with van der Waals surface area (Å²) in [5.74, 6) is 0. The zero-order chi connectivity index (χ0) is 12.4. The fraction of sp³-hybridized carbons (Fsp3) is 0. The van der Waals surface area contributed by atoms with Crippen molar-refractivity contribution in [1.82, 2.24) is 4.98 Å². The number of rotatable bonds is 2. The number of hydrogen-bond donors (Lipinski definition) is 1. The van der Waals surface area contributed by atoms with Crippen molar-refractivity contribution in [3.63, 3.8) is 0 Å². The van der Waals surface area contributed by atoms with E-state index in [-0.39, 0.29) is 5.56 Å². The van der Waals surface area contributed by atoms with Gasteiger partial charge in [-0.25, -0.2) is 0 Å². The number of aldehydes is 1. The van der Waals surface area contributed by atoms with Crippen molar-refractivity contribution in [2.75, 3.05) is 0 Å². The van der Waals surface area contributed by atoms with Gasteiger partial charge in [0, 0.05) is 27.4 Å². The Hall–Kier alpha value is -1.58. The smallest absolute Gasteiger partial charge is 0.255 e. The highest BCUT2D eigenvalue weighted by atomic mass is 35.5. The zero-order valence-electron chi connectivity index (χ0n) is 8.54. The maximum atomic E-state index is 11.7. The summed E-state index contributed by atoms with van der Waals surface area (Å²) in [7, 11) is 0. The summed E-state index contributed by atoms with van der Waals surface area (Å²) >= 11 is 11.7. The van der Waals surface area contributed by atoms with Crippen LogP contribution in [0.2, 0.25) is 10.0 Å². The third-order valence-electron chi connectivity index (χ3n) is 2.24. The molecule has 0 saturated carbocycles. The molecule has 2 rings (SSSR count). The van der Waals surface area contributed by atoms with Gasteiger partial charge in [-0.1, -0.05) is 23.2 Å². The van der Waals surface area contributed by atoms with Gasteiger partial charge in [0.25, 0.3) is 5.56 Å². The Balaban J connectivity index is 2.66. The van der Waals surface area contributed by atoms with Gasteiger partial charge in [0.15, 0.2) is 6.29 Å². The van der Waals surface area contributed by atoms with Crippen molar-refractivity contribution < 1.29 is 4.79 Å². The second kappa shape index (κ2) is 4.73. The van der Waals surface area contributed by atoms with Gasteiger partial charge < -0.3 is 4.98 Å². The Morgan fingerprint density at radius 1 is 1.06 bits per heavy atom. The summed E-state index contributed by atoms with van der Waals surface area (Å²) in [5.41, 5.74) is 1.02. The second-order valence-electron chi connectivity index (χ2n) is 3.45. The molecule has 1 heterocycles. The minimum absolute atomic E-state index is 0.297. The van der Waals surface area contributed by atoms with Gasteiger partial charge >= 0.3 is 0 Å². The van der Waals surface area contributed by atoms with Crippen molar-refractivity contribution in [3.05, 3.63) is 56.4 Å². The molecule has 0 spiro atoms. The van der Waals surface area contributed by atoms with E-state index in [1.54, 1.807) is 18.2 Å². The number of aromatic nitrogens is 1. The highest BCUT2D eigenvalue weighted by molar-refractivity contribution is 6.35.